The van der Waals surface area contributed by atoms with E-state index in [2.05, 4.69) is 5.32 Å². The Balaban J connectivity index is 0.00000200. The number of nitrogens with one attached hydrogen (secondary N) is 1. The summed E-state index contributed by atoms with van der Waals surface area (Å²) in [6.07, 6.45) is 0.957. The molecule has 0 radical (unpaired) electrons. The lowest BCUT2D eigenvalue weighted by atomic mass is 9.79. The third-order valence-corrected chi connectivity index (χ3v) is 3.52. The van der Waals surface area contributed by atoms with Crippen molar-refractivity contribution in [1.82, 2.24) is 0 Å². The Morgan fingerprint density at radius 1 is 1.35 bits per heavy atom. The normalized spacial score (nSPS) is 17.1. The molecule has 1 amide bonds. The van der Waals surface area contributed by atoms with Crippen LogP contribution in [-0.4, -0.2) is 25.7 Å². The van der Waals surface area contributed by atoms with E-state index in [9.17, 15) is 13.6 Å². The Hall–Kier alpha value is -1.24. The van der Waals surface area contributed by atoms with Crippen molar-refractivity contribution in [3.8, 4) is 0 Å². The van der Waals surface area contributed by atoms with Crippen molar-refractivity contribution in [1.29, 1.82) is 0 Å². The minimum absolute atomic E-state index is 0. The van der Waals surface area contributed by atoms with E-state index in [1.165, 1.54) is 12.1 Å². The van der Waals surface area contributed by atoms with Crippen molar-refractivity contribution < 1.29 is 18.3 Å². The summed E-state index contributed by atoms with van der Waals surface area (Å²) in [4.78, 5) is 12.2. The number of benzene rings is 1. The molecule has 1 fully saturated rings. The minimum atomic E-state index is -1.06. The standard InChI is InChI=1S/C13H16F2N2O2.ClH/c14-9-2-1-3-10(11(9)15)17-12(18)13(8-16)4-6-19-7-5-13;/h1-3H,4-8,16H2,(H,17,18);1H. The number of anilines is 1. The van der Waals surface area contributed by atoms with Gasteiger partial charge in [0.15, 0.2) is 11.6 Å². The van der Waals surface area contributed by atoms with Gasteiger partial charge in [-0.1, -0.05) is 6.07 Å². The first-order chi connectivity index (χ1) is 9.09. The Kier molecular flexibility index (Phi) is 5.86. The lowest BCUT2D eigenvalue weighted by molar-refractivity contribution is -0.130. The molecule has 1 heterocycles. The van der Waals surface area contributed by atoms with Crippen LogP contribution in [0, 0.1) is 17.0 Å². The van der Waals surface area contributed by atoms with E-state index in [0.717, 1.165) is 6.07 Å². The van der Waals surface area contributed by atoms with Crippen LogP contribution in [0.1, 0.15) is 12.8 Å². The SMILES string of the molecule is Cl.NCC1(C(=O)Nc2cccc(F)c2F)CCOCC1. The van der Waals surface area contributed by atoms with Gasteiger partial charge in [0.25, 0.3) is 0 Å². The van der Waals surface area contributed by atoms with Crippen LogP contribution in [0.3, 0.4) is 0 Å². The van der Waals surface area contributed by atoms with Gasteiger partial charge in [-0.2, -0.15) is 0 Å². The zero-order chi connectivity index (χ0) is 13.9. The first-order valence-electron chi connectivity index (χ1n) is 6.12. The van der Waals surface area contributed by atoms with Gasteiger partial charge in [0, 0.05) is 19.8 Å². The van der Waals surface area contributed by atoms with Gasteiger partial charge in [-0.15, -0.1) is 12.4 Å². The van der Waals surface area contributed by atoms with E-state index in [1.54, 1.807) is 0 Å². The summed E-state index contributed by atoms with van der Waals surface area (Å²) in [5.41, 5.74) is 4.75. The molecule has 1 aromatic rings. The molecule has 1 saturated heterocycles. The lowest BCUT2D eigenvalue weighted by Gasteiger charge is -2.34. The molecule has 1 aliphatic rings. The Bertz CT molecular complexity index is 479. The van der Waals surface area contributed by atoms with Crippen LogP contribution in [0.15, 0.2) is 18.2 Å². The molecule has 20 heavy (non-hydrogen) atoms. The molecule has 4 nitrogen and oxygen atoms in total. The van der Waals surface area contributed by atoms with E-state index in [0.29, 0.717) is 26.1 Å². The Morgan fingerprint density at radius 3 is 2.60 bits per heavy atom. The van der Waals surface area contributed by atoms with Crippen molar-refractivity contribution in [3.63, 3.8) is 0 Å². The highest BCUT2D eigenvalue weighted by Crippen LogP contribution is 2.31. The molecule has 0 bridgehead atoms. The largest absolute Gasteiger partial charge is 0.381 e. The third-order valence-electron chi connectivity index (χ3n) is 3.52. The summed E-state index contributed by atoms with van der Waals surface area (Å²) in [7, 11) is 0. The molecular weight excluding hydrogens is 290 g/mol. The fourth-order valence-corrected chi connectivity index (χ4v) is 2.14. The lowest BCUT2D eigenvalue weighted by Crippen LogP contribution is -2.46. The summed E-state index contributed by atoms with van der Waals surface area (Å²) >= 11 is 0. The van der Waals surface area contributed by atoms with Gasteiger partial charge < -0.3 is 15.8 Å². The minimum Gasteiger partial charge on any atom is -0.381 e. The van der Waals surface area contributed by atoms with Gasteiger partial charge in [0.1, 0.15) is 0 Å². The van der Waals surface area contributed by atoms with Crippen molar-refractivity contribution in [2.24, 2.45) is 11.1 Å². The maximum atomic E-state index is 13.5. The smallest absolute Gasteiger partial charge is 0.232 e. The zero-order valence-electron chi connectivity index (χ0n) is 10.8. The molecule has 0 spiro atoms. The predicted octanol–water partition coefficient (Wildman–Crippen LogP) is 2.08. The van der Waals surface area contributed by atoms with Gasteiger partial charge in [-0.3, -0.25) is 4.79 Å². The van der Waals surface area contributed by atoms with Crippen molar-refractivity contribution in [2.75, 3.05) is 25.1 Å². The highest BCUT2D eigenvalue weighted by molar-refractivity contribution is 5.95. The maximum Gasteiger partial charge on any atom is 0.232 e. The van der Waals surface area contributed by atoms with E-state index >= 15 is 0 Å². The van der Waals surface area contributed by atoms with Crippen molar-refractivity contribution in [2.45, 2.75) is 12.8 Å². The number of amides is 1. The molecule has 0 unspecified atom stereocenters. The molecule has 112 valence electrons. The number of hydrogen-bond acceptors (Lipinski definition) is 3. The van der Waals surface area contributed by atoms with Gasteiger partial charge in [-0.25, -0.2) is 8.78 Å². The molecule has 1 aliphatic heterocycles. The number of rotatable bonds is 3. The summed E-state index contributed by atoms with van der Waals surface area (Å²) in [5.74, 6) is -2.44. The van der Waals surface area contributed by atoms with Crippen LogP contribution in [0.4, 0.5) is 14.5 Å². The highest BCUT2D eigenvalue weighted by atomic mass is 35.5. The predicted molar refractivity (Wildman–Crippen MR) is 73.8 cm³/mol. The van der Waals surface area contributed by atoms with Crippen LogP contribution in [0.5, 0.6) is 0 Å². The van der Waals surface area contributed by atoms with E-state index in [-0.39, 0.29) is 30.5 Å². The number of halogens is 3. The quantitative estimate of drug-likeness (QED) is 0.898. The second-order valence-corrected chi connectivity index (χ2v) is 4.65. The third kappa shape index (κ3) is 3.26. The fraction of sp³-hybridized carbons (Fsp3) is 0.462. The number of carbonyl (C=O) groups is 1. The summed E-state index contributed by atoms with van der Waals surface area (Å²) < 4.78 is 31.8. The zero-order valence-corrected chi connectivity index (χ0v) is 11.6. The van der Waals surface area contributed by atoms with Crippen LogP contribution in [0.2, 0.25) is 0 Å². The molecule has 0 aliphatic carbocycles. The summed E-state index contributed by atoms with van der Waals surface area (Å²) in [6, 6.07) is 3.66. The maximum absolute atomic E-state index is 13.5. The second-order valence-electron chi connectivity index (χ2n) is 4.65. The number of nitrogens with two attached hydrogens (primary N) is 1. The molecule has 1 aromatic carbocycles. The number of carbonyl (C=O) groups excluding carboxylic acids is 1. The fourth-order valence-electron chi connectivity index (χ4n) is 2.14. The average molecular weight is 307 g/mol. The summed E-state index contributed by atoms with van der Waals surface area (Å²) in [5, 5.41) is 2.42. The van der Waals surface area contributed by atoms with Gasteiger partial charge in [0.05, 0.1) is 11.1 Å². The highest BCUT2D eigenvalue weighted by Gasteiger charge is 2.39. The van der Waals surface area contributed by atoms with Crippen LogP contribution in [-0.2, 0) is 9.53 Å². The Morgan fingerprint density at radius 2 is 2.00 bits per heavy atom. The molecule has 0 aromatic heterocycles. The van der Waals surface area contributed by atoms with E-state index < -0.39 is 17.0 Å². The van der Waals surface area contributed by atoms with Crippen molar-refractivity contribution >= 4 is 24.0 Å². The summed E-state index contributed by atoms with van der Waals surface area (Å²) in [6.45, 7) is 1.03. The number of ether oxygens (including phenoxy) is 1. The Labute approximate surface area is 122 Å². The first kappa shape index (κ1) is 16.8. The molecule has 7 heteroatoms. The van der Waals surface area contributed by atoms with Crippen LogP contribution in [0.25, 0.3) is 0 Å². The molecule has 0 saturated carbocycles. The van der Waals surface area contributed by atoms with Gasteiger partial charge in [0.2, 0.25) is 5.91 Å². The molecule has 2 rings (SSSR count). The number of hydrogen-bond donors (Lipinski definition) is 2. The average Bonchev–Trinajstić information content (AvgIpc) is 2.44. The van der Waals surface area contributed by atoms with E-state index in [1.807, 2.05) is 0 Å². The molecule has 0 atom stereocenters. The first-order valence-corrected chi connectivity index (χ1v) is 6.12. The van der Waals surface area contributed by atoms with E-state index in [4.69, 9.17) is 10.5 Å². The monoisotopic (exact) mass is 306 g/mol. The van der Waals surface area contributed by atoms with Crippen molar-refractivity contribution in [3.05, 3.63) is 29.8 Å². The van der Waals surface area contributed by atoms with Crippen LogP contribution < -0.4 is 11.1 Å². The molecule has 3 N–H and O–H groups in total. The van der Waals surface area contributed by atoms with Gasteiger partial charge in [-0.05, 0) is 25.0 Å². The second kappa shape index (κ2) is 6.97. The molecular formula is C13H17ClF2N2O2. The van der Waals surface area contributed by atoms with Crippen LogP contribution >= 0.6 is 12.4 Å². The topological polar surface area (TPSA) is 64.4 Å². The van der Waals surface area contributed by atoms with Gasteiger partial charge >= 0.3 is 0 Å².